The number of nitrogens with one attached hydrogen (secondary N) is 2. The van der Waals surface area contributed by atoms with E-state index in [4.69, 9.17) is 19.3 Å². The number of unbranched alkanes of at least 4 members (excludes halogenated alkanes) is 2. The van der Waals surface area contributed by atoms with Crippen LogP contribution in [-0.4, -0.2) is 45.5 Å². The Hall–Kier alpha value is -3.26. The Morgan fingerprint density at radius 2 is 1.82 bits per heavy atom. The normalized spacial score (nSPS) is 14.3. The summed E-state index contributed by atoms with van der Waals surface area (Å²) >= 11 is 0. The second-order valence-electron chi connectivity index (χ2n) is 8.31. The van der Waals surface area contributed by atoms with Crippen LogP contribution in [0.25, 0.3) is 11.1 Å². The lowest BCUT2D eigenvalue weighted by Gasteiger charge is -2.19. The Kier molecular flexibility index (Phi) is 8.76. The molecule has 8 nitrogen and oxygen atoms in total. The molecule has 3 N–H and O–H groups in total. The largest absolute Gasteiger partial charge is 0.493 e. The van der Waals surface area contributed by atoms with E-state index in [0.717, 1.165) is 41.5 Å². The molecule has 0 saturated heterocycles. The van der Waals surface area contributed by atoms with Gasteiger partial charge in [0.05, 0.1) is 33.1 Å². The summed E-state index contributed by atoms with van der Waals surface area (Å²) in [4.78, 5) is 25.2. The summed E-state index contributed by atoms with van der Waals surface area (Å²) < 4.78 is 17.0. The fourth-order valence-electron chi connectivity index (χ4n) is 4.49. The zero-order valence-electron chi connectivity index (χ0n) is 20.3. The number of anilines is 1. The fourth-order valence-corrected chi connectivity index (χ4v) is 4.49. The second-order valence-corrected chi connectivity index (χ2v) is 8.31. The summed E-state index contributed by atoms with van der Waals surface area (Å²) in [5.74, 6) is 1.40. The number of aliphatic hydroxyl groups excluding tert-OH is 1. The predicted octanol–water partition coefficient (Wildman–Crippen LogP) is 3.44. The molecule has 1 amide bonds. The maximum Gasteiger partial charge on any atom is 0.217 e. The molecule has 0 aliphatic heterocycles. The number of hydrogen-bond acceptors (Lipinski definition) is 7. The first kappa shape index (κ1) is 25.4. The van der Waals surface area contributed by atoms with Crippen molar-refractivity contribution in [1.29, 1.82) is 0 Å². The number of hydrogen-bond donors (Lipinski definition) is 3. The Bertz CT molecular complexity index is 1090. The molecule has 0 fully saturated rings. The molecule has 3 rings (SSSR count). The minimum Gasteiger partial charge on any atom is -0.493 e. The van der Waals surface area contributed by atoms with Crippen LogP contribution in [0.5, 0.6) is 17.2 Å². The molecule has 34 heavy (non-hydrogen) atoms. The van der Waals surface area contributed by atoms with Gasteiger partial charge in [-0.1, -0.05) is 6.07 Å². The van der Waals surface area contributed by atoms with Crippen LogP contribution in [0, 0.1) is 0 Å². The topological polar surface area (TPSA) is 106 Å². The quantitative estimate of drug-likeness (QED) is 0.457. The molecule has 0 unspecified atom stereocenters. The number of ether oxygens (including phenoxy) is 3. The minimum absolute atomic E-state index is 0.151. The Morgan fingerprint density at radius 1 is 1.06 bits per heavy atom. The van der Waals surface area contributed by atoms with Crippen LogP contribution >= 0.6 is 0 Å². The van der Waals surface area contributed by atoms with E-state index in [-0.39, 0.29) is 24.0 Å². The number of fused-ring (bicyclic) bond motifs is 3. The summed E-state index contributed by atoms with van der Waals surface area (Å²) in [7, 11) is 4.72. The van der Waals surface area contributed by atoms with Crippen LogP contribution in [0.2, 0.25) is 0 Å². The zero-order valence-corrected chi connectivity index (χ0v) is 20.3. The van der Waals surface area contributed by atoms with Gasteiger partial charge in [-0.05, 0) is 67.0 Å². The lowest BCUT2D eigenvalue weighted by molar-refractivity contribution is -0.119. The molecule has 0 bridgehead atoms. The molecule has 2 aromatic rings. The van der Waals surface area contributed by atoms with Gasteiger partial charge in [-0.25, -0.2) is 0 Å². The van der Waals surface area contributed by atoms with Gasteiger partial charge in [0.1, 0.15) is 0 Å². The number of rotatable bonds is 10. The Balaban J connectivity index is 2.19. The summed E-state index contributed by atoms with van der Waals surface area (Å²) in [5, 5.41) is 15.2. The fraction of sp³-hybridized carbons (Fsp3) is 0.462. The average molecular weight is 471 g/mol. The van der Waals surface area contributed by atoms with E-state index in [1.807, 2.05) is 12.1 Å². The van der Waals surface area contributed by atoms with Crippen LogP contribution in [0.4, 0.5) is 5.69 Å². The molecule has 0 spiro atoms. The van der Waals surface area contributed by atoms with Crippen molar-refractivity contribution in [2.45, 2.75) is 45.1 Å². The maximum absolute atomic E-state index is 13.2. The third-order valence-electron chi connectivity index (χ3n) is 6.07. The maximum atomic E-state index is 13.2. The van der Waals surface area contributed by atoms with E-state index in [1.54, 1.807) is 33.5 Å². The van der Waals surface area contributed by atoms with Crippen LogP contribution in [-0.2, 0) is 11.2 Å². The van der Waals surface area contributed by atoms with E-state index < -0.39 is 0 Å². The minimum atomic E-state index is -0.334. The molecule has 184 valence electrons. The number of aliphatic hydroxyl groups is 1. The molecule has 1 aliphatic carbocycles. The van der Waals surface area contributed by atoms with E-state index >= 15 is 0 Å². The van der Waals surface area contributed by atoms with Crippen molar-refractivity contribution in [1.82, 2.24) is 5.32 Å². The predicted molar refractivity (Wildman–Crippen MR) is 132 cm³/mol. The summed E-state index contributed by atoms with van der Waals surface area (Å²) in [5.41, 5.74) is 3.68. The molecule has 0 heterocycles. The smallest absolute Gasteiger partial charge is 0.217 e. The van der Waals surface area contributed by atoms with Crippen LogP contribution < -0.4 is 30.3 Å². The van der Waals surface area contributed by atoms with Gasteiger partial charge in [-0.15, -0.1) is 0 Å². The van der Waals surface area contributed by atoms with Gasteiger partial charge in [0.25, 0.3) is 0 Å². The SMILES string of the molecule is COc1cc2c(c(OC)c1OC)-c1ccc(NCCCCCO)c(=O)cc1[C@H](NC(C)=O)CC2. The van der Waals surface area contributed by atoms with E-state index in [1.165, 1.54) is 6.92 Å². The van der Waals surface area contributed by atoms with Gasteiger partial charge in [-0.2, -0.15) is 0 Å². The lowest BCUT2D eigenvalue weighted by atomic mass is 9.95. The average Bonchev–Trinajstić information content (AvgIpc) is 3.06. The highest BCUT2D eigenvalue weighted by Crippen LogP contribution is 2.50. The molecule has 1 aliphatic rings. The standard InChI is InChI=1S/C26H34N2O6/c1-16(30)28-20-10-8-17-14-23(32-2)25(33-3)26(34-4)24(17)18-9-11-21(22(31)15-19(18)20)27-12-6-5-7-13-29/h9,11,14-15,20,29H,5-8,10,12-13H2,1-4H3,(H,27,31)(H,28,30)/t20-/m1/s1. The highest BCUT2D eigenvalue weighted by molar-refractivity contribution is 5.83. The molecule has 0 aromatic heterocycles. The second kappa shape index (κ2) is 11.7. The van der Waals surface area contributed by atoms with Crippen LogP contribution in [0.3, 0.4) is 0 Å². The van der Waals surface area contributed by atoms with Crippen molar-refractivity contribution in [3.8, 4) is 28.4 Å². The van der Waals surface area contributed by atoms with E-state index in [2.05, 4.69) is 10.6 Å². The summed E-state index contributed by atoms with van der Waals surface area (Å²) in [6.45, 7) is 2.27. The highest BCUT2D eigenvalue weighted by Gasteiger charge is 2.29. The van der Waals surface area contributed by atoms with Gasteiger partial charge in [0.15, 0.2) is 11.5 Å². The number of carbonyl (C=O) groups is 1. The summed E-state index contributed by atoms with van der Waals surface area (Å²) in [6, 6.07) is 6.89. The van der Waals surface area contributed by atoms with Crippen LogP contribution in [0.15, 0.2) is 29.1 Å². The third kappa shape index (κ3) is 5.44. The van der Waals surface area contributed by atoms with Crippen molar-refractivity contribution in [3.63, 3.8) is 0 Å². The first-order chi connectivity index (χ1) is 16.4. The van der Waals surface area contributed by atoms with Crippen LogP contribution in [0.1, 0.15) is 49.8 Å². The molecule has 0 saturated carbocycles. The van der Waals surface area contributed by atoms with Crippen molar-refractivity contribution in [2.24, 2.45) is 0 Å². The van der Waals surface area contributed by atoms with Crippen molar-refractivity contribution < 1.29 is 24.1 Å². The van der Waals surface area contributed by atoms with Crippen molar-refractivity contribution in [2.75, 3.05) is 39.8 Å². The van der Waals surface area contributed by atoms with E-state index in [0.29, 0.717) is 42.3 Å². The molecule has 1 atom stereocenters. The first-order valence-corrected chi connectivity index (χ1v) is 11.6. The molecule has 8 heteroatoms. The van der Waals surface area contributed by atoms with E-state index in [9.17, 15) is 9.59 Å². The number of aryl methyl sites for hydroxylation is 1. The van der Waals surface area contributed by atoms with Gasteiger partial charge in [0.2, 0.25) is 17.1 Å². The zero-order chi connectivity index (χ0) is 24.7. The number of methoxy groups -OCH3 is 3. The molecule has 0 radical (unpaired) electrons. The van der Waals surface area contributed by atoms with Gasteiger partial charge in [0, 0.05) is 25.6 Å². The molecular weight excluding hydrogens is 436 g/mol. The monoisotopic (exact) mass is 470 g/mol. The number of benzene rings is 1. The Labute approximate surface area is 200 Å². The van der Waals surface area contributed by atoms with Crippen molar-refractivity contribution >= 4 is 11.6 Å². The summed E-state index contributed by atoms with van der Waals surface area (Å²) in [6.07, 6.45) is 3.73. The molecular formula is C26H34N2O6. The number of carbonyl (C=O) groups excluding carboxylic acids is 1. The third-order valence-corrected chi connectivity index (χ3v) is 6.07. The van der Waals surface area contributed by atoms with Gasteiger partial charge in [-0.3, -0.25) is 9.59 Å². The first-order valence-electron chi connectivity index (χ1n) is 11.6. The Morgan fingerprint density at radius 3 is 2.47 bits per heavy atom. The molecule has 2 aromatic carbocycles. The van der Waals surface area contributed by atoms with Gasteiger partial charge >= 0.3 is 0 Å². The lowest BCUT2D eigenvalue weighted by Crippen LogP contribution is -2.26. The van der Waals surface area contributed by atoms with Crippen molar-refractivity contribution in [3.05, 3.63) is 45.6 Å². The highest BCUT2D eigenvalue weighted by atomic mass is 16.5. The van der Waals surface area contributed by atoms with Gasteiger partial charge < -0.3 is 30.0 Å². The number of amides is 1.